The van der Waals surface area contributed by atoms with Crippen LogP contribution in [-0.4, -0.2) is 22.8 Å². The minimum absolute atomic E-state index is 0.0736. The van der Waals surface area contributed by atoms with Gasteiger partial charge in [0, 0.05) is 22.0 Å². The highest BCUT2D eigenvalue weighted by Crippen LogP contribution is 2.50. The van der Waals surface area contributed by atoms with E-state index in [0.29, 0.717) is 5.57 Å². The molecule has 0 fully saturated rings. The van der Waals surface area contributed by atoms with Crippen LogP contribution in [0.5, 0.6) is 0 Å². The van der Waals surface area contributed by atoms with Gasteiger partial charge >= 0.3 is 6.18 Å². The largest absolute Gasteiger partial charge is 0.435 e. The summed E-state index contributed by atoms with van der Waals surface area (Å²) in [5, 5.41) is 3.37. The van der Waals surface area contributed by atoms with Crippen LogP contribution in [0, 0.1) is 0 Å². The Morgan fingerprint density at radius 3 is 2.38 bits per heavy atom. The Morgan fingerprint density at radius 2 is 1.85 bits per heavy atom. The summed E-state index contributed by atoms with van der Waals surface area (Å²) >= 11 is 17.9. The molecule has 3 rings (SSSR count). The van der Waals surface area contributed by atoms with Crippen molar-refractivity contribution in [1.82, 2.24) is 0 Å². The molecule has 1 heterocycles. The molecule has 0 aromatic heterocycles. The Morgan fingerprint density at radius 1 is 1.23 bits per heavy atom. The van der Waals surface area contributed by atoms with Crippen LogP contribution in [0.1, 0.15) is 18.9 Å². The van der Waals surface area contributed by atoms with Crippen molar-refractivity contribution in [3.8, 4) is 0 Å². The predicted molar refractivity (Wildman–Crippen MR) is 96.8 cm³/mol. The van der Waals surface area contributed by atoms with Gasteiger partial charge in [-0.15, -0.1) is 11.6 Å². The molecule has 9 heteroatoms. The zero-order chi connectivity index (χ0) is 19.3. The van der Waals surface area contributed by atoms with Crippen molar-refractivity contribution in [3.05, 3.63) is 57.6 Å². The molecular weight excluding hydrogens is 412 g/mol. The van der Waals surface area contributed by atoms with E-state index < -0.39 is 29.1 Å². The maximum absolute atomic E-state index is 14.0. The van der Waals surface area contributed by atoms with Crippen molar-refractivity contribution in [2.75, 3.05) is 0 Å². The molecule has 1 aromatic rings. The van der Waals surface area contributed by atoms with Crippen molar-refractivity contribution in [2.24, 2.45) is 10.9 Å². The molecule has 0 radical (unpaired) electrons. The number of benzene rings is 1. The number of hydrogen-bond donors (Lipinski definition) is 1. The molecule has 0 saturated carbocycles. The van der Waals surface area contributed by atoms with E-state index in [-0.39, 0.29) is 21.3 Å². The average molecular weight is 426 g/mol. The molecule has 26 heavy (non-hydrogen) atoms. The summed E-state index contributed by atoms with van der Waals surface area (Å²) in [6.07, 6.45) is -0.488. The van der Waals surface area contributed by atoms with Gasteiger partial charge in [-0.05, 0) is 30.7 Å². The Balaban J connectivity index is 2.01. The fourth-order valence-electron chi connectivity index (χ4n) is 2.88. The quantitative estimate of drug-likeness (QED) is 0.650. The maximum atomic E-state index is 14.0. The summed E-state index contributed by atoms with van der Waals surface area (Å²) in [7, 11) is 0. The van der Waals surface area contributed by atoms with E-state index in [9.17, 15) is 13.2 Å². The molecule has 2 N–H and O–H groups in total. The Labute approximate surface area is 163 Å². The summed E-state index contributed by atoms with van der Waals surface area (Å²) in [6, 6.07) is 3.69. The second kappa shape index (κ2) is 6.44. The molecule has 1 aliphatic heterocycles. The number of halogens is 6. The first-order valence-electron chi connectivity index (χ1n) is 7.57. The second-order valence-electron chi connectivity index (χ2n) is 6.52. The molecule has 0 amide bonds. The van der Waals surface area contributed by atoms with Crippen LogP contribution in [0.2, 0.25) is 10.0 Å². The van der Waals surface area contributed by atoms with Crippen molar-refractivity contribution in [3.63, 3.8) is 0 Å². The second-order valence-corrected chi connectivity index (χ2v) is 7.86. The Kier molecular flexibility index (Phi) is 4.84. The van der Waals surface area contributed by atoms with Gasteiger partial charge in [-0.1, -0.05) is 46.6 Å². The fourth-order valence-corrected chi connectivity index (χ4v) is 3.55. The lowest BCUT2D eigenvalue weighted by atomic mass is 9.83. The number of rotatable bonds is 2. The third kappa shape index (κ3) is 3.36. The van der Waals surface area contributed by atoms with Crippen LogP contribution in [0.4, 0.5) is 13.2 Å². The molecule has 3 atom stereocenters. The van der Waals surface area contributed by atoms with Gasteiger partial charge in [0.15, 0.2) is 0 Å². The number of allylic oxidation sites excluding steroid dienone is 2. The SMILES string of the molecule is C[C@@]1(N)C=C(C2=NOC(c3cc(Cl)cc(Cl)c3)(C(F)(F)F)C2)C=CC1Cl. The van der Waals surface area contributed by atoms with Crippen LogP contribution in [-0.2, 0) is 10.4 Å². The third-order valence-corrected chi connectivity index (χ3v) is 5.41. The minimum Gasteiger partial charge on any atom is -0.374 e. The van der Waals surface area contributed by atoms with Gasteiger partial charge in [0.25, 0.3) is 5.60 Å². The van der Waals surface area contributed by atoms with Gasteiger partial charge in [-0.25, -0.2) is 0 Å². The number of nitrogens with zero attached hydrogens (tertiary/aromatic N) is 1. The van der Waals surface area contributed by atoms with Crippen LogP contribution in [0.25, 0.3) is 0 Å². The highest BCUT2D eigenvalue weighted by Gasteiger charge is 2.62. The first-order chi connectivity index (χ1) is 11.9. The number of oxime groups is 1. The lowest BCUT2D eigenvalue weighted by molar-refractivity contribution is -0.275. The smallest absolute Gasteiger partial charge is 0.374 e. The molecule has 0 saturated heterocycles. The first kappa shape index (κ1) is 19.5. The van der Waals surface area contributed by atoms with E-state index in [0.717, 1.165) is 0 Å². The molecular formula is C17H14Cl3F3N2O. The van der Waals surface area contributed by atoms with Crippen LogP contribution in [0.15, 0.2) is 47.2 Å². The molecule has 3 nitrogen and oxygen atoms in total. The van der Waals surface area contributed by atoms with Gasteiger partial charge in [0.05, 0.1) is 16.6 Å². The van der Waals surface area contributed by atoms with E-state index in [1.807, 2.05) is 0 Å². The zero-order valence-electron chi connectivity index (χ0n) is 13.4. The maximum Gasteiger partial charge on any atom is 0.435 e. The van der Waals surface area contributed by atoms with Gasteiger partial charge < -0.3 is 10.6 Å². The summed E-state index contributed by atoms with van der Waals surface area (Å²) in [5.41, 5.74) is 2.82. The molecule has 0 spiro atoms. The van der Waals surface area contributed by atoms with Crippen LogP contribution < -0.4 is 5.73 Å². The number of alkyl halides is 4. The average Bonchev–Trinajstić information content (AvgIpc) is 2.95. The summed E-state index contributed by atoms with van der Waals surface area (Å²) in [6.45, 7) is 1.68. The molecule has 1 aliphatic carbocycles. The van der Waals surface area contributed by atoms with Gasteiger partial charge in [0.2, 0.25) is 0 Å². The standard InChI is InChI=1S/C17H14Cl3F3N2O/c1-15(24)7-9(2-3-14(15)20)13-8-16(26-25-13,17(21,22)23)10-4-11(18)6-12(19)5-10/h2-7,14H,8,24H2,1H3/t14?,15-,16?/m1/s1. The highest BCUT2D eigenvalue weighted by atomic mass is 35.5. The van der Waals surface area contributed by atoms with Crippen molar-refractivity contribution in [1.29, 1.82) is 0 Å². The number of hydrogen-bond acceptors (Lipinski definition) is 3. The summed E-state index contributed by atoms with van der Waals surface area (Å²) in [4.78, 5) is 4.96. The van der Waals surface area contributed by atoms with E-state index in [1.54, 1.807) is 25.2 Å². The third-order valence-electron chi connectivity index (χ3n) is 4.35. The van der Waals surface area contributed by atoms with Gasteiger partial charge in [-0.2, -0.15) is 13.2 Å². The number of nitrogens with two attached hydrogens (primary N) is 1. The van der Waals surface area contributed by atoms with E-state index in [4.69, 9.17) is 45.4 Å². The van der Waals surface area contributed by atoms with Crippen molar-refractivity contribution >= 4 is 40.5 Å². The summed E-state index contributed by atoms with van der Waals surface area (Å²) < 4.78 is 41.9. The molecule has 1 aromatic carbocycles. The van der Waals surface area contributed by atoms with Crippen LogP contribution >= 0.6 is 34.8 Å². The Bertz CT molecular complexity index is 813. The fraction of sp³-hybridized carbons (Fsp3) is 0.353. The van der Waals surface area contributed by atoms with Crippen molar-refractivity contribution < 1.29 is 18.0 Å². The lowest BCUT2D eigenvalue weighted by Gasteiger charge is -2.30. The highest BCUT2D eigenvalue weighted by molar-refractivity contribution is 6.34. The molecule has 0 bridgehead atoms. The van der Waals surface area contributed by atoms with E-state index in [1.165, 1.54) is 18.2 Å². The monoisotopic (exact) mass is 424 g/mol. The molecule has 2 aliphatic rings. The predicted octanol–water partition coefficient (Wildman–Crippen LogP) is 5.35. The van der Waals surface area contributed by atoms with Crippen LogP contribution in [0.3, 0.4) is 0 Å². The first-order valence-corrected chi connectivity index (χ1v) is 8.76. The lowest BCUT2D eigenvalue weighted by Crippen LogP contribution is -2.45. The molecule has 140 valence electrons. The topological polar surface area (TPSA) is 47.6 Å². The van der Waals surface area contributed by atoms with Gasteiger partial charge in [0.1, 0.15) is 0 Å². The minimum atomic E-state index is -4.74. The van der Waals surface area contributed by atoms with Gasteiger partial charge in [-0.3, -0.25) is 0 Å². The Hall–Kier alpha value is -1.21. The summed E-state index contributed by atoms with van der Waals surface area (Å²) in [5.74, 6) is 0. The zero-order valence-corrected chi connectivity index (χ0v) is 15.7. The molecule has 2 unspecified atom stereocenters. The van der Waals surface area contributed by atoms with Crippen molar-refractivity contribution in [2.45, 2.75) is 36.0 Å². The van der Waals surface area contributed by atoms with E-state index >= 15 is 0 Å². The van der Waals surface area contributed by atoms with E-state index in [2.05, 4.69) is 5.16 Å². The normalized spacial score (nSPS) is 31.5.